The highest BCUT2D eigenvalue weighted by atomic mass is 16.5. The number of ether oxygens (including phenoxy) is 1. The van der Waals surface area contributed by atoms with Crippen LogP contribution in [0.4, 0.5) is 0 Å². The molecular weight excluding hydrogens is 310 g/mol. The van der Waals surface area contributed by atoms with E-state index in [1.165, 1.54) is 0 Å². The van der Waals surface area contributed by atoms with E-state index in [9.17, 15) is 9.90 Å². The van der Waals surface area contributed by atoms with Crippen molar-refractivity contribution in [1.29, 1.82) is 0 Å². The topological polar surface area (TPSA) is 88.7 Å². The monoisotopic (exact) mass is 333 g/mol. The van der Waals surface area contributed by atoms with Gasteiger partial charge in [-0.1, -0.05) is 24.2 Å². The molecule has 0 amide bonds. The summed E-state index contributed by atoms with van der Waals surface area (Å²) in [6.45, 7) is 6.08. The standard InChI is InChI=1S/C17H23N3O4/c1-5-15-18-14(19-24-15)10-20(4)16(17(21)22)12-6-8-13(9-7-12)23-11(2)3/h6-9,11,16H,5,10H2,1-4H3,(H,21,22)/t16-/m1/s1. The minimum absolute atomic E-state index is 0.0693. The molecule has 24 heavy (non-hydrogen) atoms. The molecule has 7 nitrogen and oxygen atoms in total. The molecular formula is C17H23N3O4. The molecule has 2 rings (SSSR count). The second-order valence-corrected chi connectivity index (χ2v) is 5.85. The number of nitrogens with zero attached hydrogens (tertiary/aromatic N) is 3. The molecule has 0 aliphatic heterocycles. The fourth-order valence-corrected chi connectivity index (χ4v) is 2.40. The number of likely N-dealkylation sites (N-methyl/N-ethyl adjacent to an activating group) is 1. The third-order valence-corrected chi connectivity index (χ3v) is 3.45. The number of carboxylic acids is 1. The van der Waals surface area contributed by atoms with Crippen molar-refractivity contribution in [1.82, 2.24) is 15.0 Å². The molecule has 0 unspecified atom stereocenters. The van der Waals surface area contributed by atoms with E-state index in [2.05, 4.69) is 10.1 Å². The van der Waals surface area contributed by atoms with Crippen LogP contribution in [-0.4, -0.2) is 39.3 Å². The molecule has 0 spiro atoms. The van der Waals surface area contributed by atoms with Crippen molar-refractivity contribution in [3.05, 3.63) is 41.5 Å². The lowest BCUT2D eigenvalue weighted by Crippen LogP contribution is -2.30. The molecule has 7 heteroatoms. The highest BCUT2D eigenvalue weighted by Crippen LogP contribution is 2.24. The number of carboxylic acid groups (broad SMARTS) is 1. The predicted molar refractivity (Wildman–Crippen MR) is 87.7 cm³/mol. The summed E-state index contributed by atoms with van der Waals surface area (Å²) >= 11 is 0. The van der Waals surface area contributed by atoms with E-state index < -0.39 is 12.0 Å². The number of benzene rings is 1. The van der Waals surface area contributed by atoms with Gasteiger partial charge in [-0.2, -0.15) is 4.98 Å². The molecule has 0 radical (unpaired) electrons. The maximum absolute atomic E-state index is 11.7. The third kappa shape index (κ3) is 4.55. The number of aromatic nitrogens is 2. The maximum atomic E-state index is 11.7. The SMILES string of the molecule is CCc1nc(CN(C)[C@@H](C(=O)O)c2ccc(OC(C)C)cc2)no1. The Bertz CT molecular complexity index is 667. The molecule has 2 aromatic rings. The van der Waals surface area contributed by atoms with Gasteiger partial charge in [-0.15, -0.1) is 0 Å². The summed E-state index contributed by atoms with van der Waals surface area (Å²) in [4.78, 5) is 17.6. The van der Waals surface area contributed by atoms with E-state index >= 15 is 0 Å². The second-order valence-electron chi connectivity index (χ2n) is 5.85. The largest absolute Gasteiger partial charge is 0.491 e. The van der Waals surface area contributed by atoms with Gasteiger partial charge in [-0.25, -0.2) is 0 Å². The van der Waals surface area contributed by atoms with Crippen LogP contribution in [0.1, 0.15) is 44.1 Å². The van der Waals surface area contributed by atoms with Crippen LogP contribution in [0.25, 0.3) is 0 Å². The summed E-state index contributed by atoms with van der Waals surface area (Å²) in [7, 11) is 1.72. The van der Waals surface area contributed by atoms with Crippen molar-refractivity contribution in [2.75, 3.05) is 7.05 Å². The van der Waals surface area contributed by atoms with Crippen LogP contribution in [0.3, 0.4) is 0 Å². The van der Waals surface area contributed by atoms with Crippen molar-refractivity contribution in [2.45, 2.75) is 45.9 Å². The summed E-state index contributed by atoms with van der Waals surface area (Å²) in [6.07, 6.45) is 0.718. The third-order valence-electron chi connectivity index (χ3n) is 3.45. The van der Waals surface area contributed by atoms with Crippen molar-refractivity contribution in [3.63, 3.8) is 0 Å². The van der Waals surface area contributed by atoms with Crippen molar-refractivity contribution >= 4 is 5.97 Å². The van der Waals surface area contributed by atoms with E-state index in [4.69, 9.17) is 9.26 Å². The molecule has 0 bridgehead atoms. The Labute approximate surface area is 141 Å². The summed E-state index contributed by atoms with van der Waals surface area (Å²) in [6, 6.07) is 6.29. The number of hydrogen-bond acceptors (Lipinski definition) is 6. The van der Waals surface area contributed by atoms with E-state index in [0.29, 0.717) is 29.4 Å². The lowest BCUT2D eigenvalue weighted by molar-refractivity contribution is -0.143. The second kappa shape index (κ2) is 7.92. The lowest BCUT2D eigenvalue weighted by Gasteiger charge is -2.23. The Balaban J connectivity index is 2.14. The van der Waals surface area contributed by atoms with Crippen LogP contribution >= 0.6 is 0 Å². The quantitative estimate of drug-likeness (QED) is 0.794. The molecule has 1 aromatic carbocycles. The van der Waals surface area contributed by atoms with Crippen LogP contribution in [0, 0.1) is 0 Å². The van der Waals surface area contributed by atoms with Crippen molar-refractivity contribution < 1.29 is 19.2 Å². The first-order valence-electron chi connectivity index (χ1n) is 7.91. The zero-order chi connectivity index (χ0) is 17.7. The smallest absolute Gasteiger partial charge is 0.325 e. The van der Waals surface area contributed by atoms with Gasteiger partial charge in [0, 0.05) is 6.42 Å². The Morgan fingerprint density at radius 1 is 1.33 bits per heavy atom. The van der Waals surface area contributed by atoms with Gasteiger partial charge in [0.25, 0.3) is 0 Å². The molecule has 0 saturated carbocycles. The molecule has 1 heterocycles. The van der Waals surface area contributed by atoms with Gasteiger partial charge >= 0.3 is 5.97 Å². The highest BCUT2D eigenvalue weighted by molar-refractivity contribution is 5.75. The van der Waals surface area contributed by atoms with E-state index in [0.717, 1.165) is 0 Å². The number of aryl methyl sites for hydroxylation is 1. The van der Waals surface area contributed by atoms with Gasteiger partial charge in [0.05, 0.1) is 12.6 Å². The molecule has 1 N–H and O–H groups in total. The Morgan fingerprint density at radius 2 is 2.00 bits per heavy atom. The first-order chi connectivity index (χ1) is 11.4. The highest BCUT2D eigenvalue weighted by Gasteiger charge is 2.26. The first-order valence-corrected chi connectivity index (χ1v) is 7.91. The fourth-order valence-electron chi connectivity index (χ4n) is 2.40. The molecule has 130 valence electrons. The minimum Gasteiger partial charge on any atom is -0.491 e. The summed E-state index contributed by atoms with van der Waals surface area (Å²) in [5, 5.41) is 13.5. The van der Waals surface area contributed by atoms with Gasteiger partial charge in [-0.3, -0.25) is 9.69 Å². The molecule has 0 aliphatic carbocycles. The zero-order valence-electron chi connectivity index (χ0n) is 14.4. The molecule has 0 aliphatic rings. The number of rotatable bonds is 8. The summed E-state index contributed by atoms with van der Waals surface area (Å²) in [5.41, 5.74) is 0.667. The lowest BCUT2D eigenvalue weighted by atomic mass is 10.1. The fraction of sp³-hybridized carbons (Fsp3) is 0.471. The minimum atomic E-state index is -0.936. The number of hydrogen-bond donors (Lipinski definition) is 1. The van der Waals surface area contributed by atoms with E-state index in [-0.39, 0.29) is 12.6 Å². The summed E-state index contributed by atoms with van der Waals surface area (Å²) < 4.78 is 10.6. The van der Waals surface area contributed by atoms with Crippen LogP contribution < -0.4 is 4.74 Å². The van der Waals surface area contributed by atoms with Crippen molar-refractivity contribution in [2.24, 2.45) is 0 Å². The maximum Gasteiger partial charge on any atom is 0.325 e. The molecule has 0 saturated heterocycles. The number of carbonyl (C=O) groups is 1. The molecule has 1 atom stereocenters. The first kappa shape index (κ1) is 17.9. The van der Waals surface area contributed by atoms with Crippen LogP contribution in [-0.2, 0) is 17.8 Å². The van der Waals surface area contributed by atoms with E-state index in [1.54, 1.807) is 36.2 Å². The molecule has 0 fully saturated rings. The van der Waals surface area contributed by atoms with Crippen molar-refractivity contribution in [3.8, 4) is 5.75 Å². The summed E-state index contributed by atoms with van der Waals surface area (Å²) in [5.74, 6) is 0.793. The predicted octanol–water partition coefficient (Wildman–Crippen LogP) is 2.68. The van der Waals surface area contributed by atoms with E-state index in [1.807, 2.05) is 20.8 Å². The Hall–Kier alpha value is -2.41. The average molecular weight is 333 g/mol. The van der Waals surface area contributed by atoms with Gasteiger partial charge in [0.1, 0.15) is 11.8 Å². The normalized spacial score (nSPS) is 12.6. The van der Waals surface area contributed by atoms with Gasteiger partial charge in [-0.05, 0) is 38.6 Å². The molecule has 1 aromatic heterocycles. The van der Waals surface area contributed by atoms with Crippen LogP contribution in [0.2, 0.25) is 0 Å². The average Bonchev–Trinajstić information content (AvgIpc) is 2.96. The van der Waals surface area contributed by atoms with Gasteiger partial charge in [0.2, 0.25) is 5.89 Å². The van der Waals surface area contributed by atoms with Gasteiger partial charge in [0.15, 0.2) is 5.82 Å². The Kier molecular flexibility index (Phi) is 5.92. The van der Waals surface area contributed by atoms with Crippen LogP contribution in [0.5, 0.6) is 5.75 Å². The zero-order valence-corrected chi connectivity index (χ0v) is 14.4. The Morgan fingerprint density at radius 3 is 2.50 bits per heavy atom. The number of aliphatic carboxylic acids is 1. The van der Waals surface area contributed by atoms with Gasteiger partial charge < -0.3 is 14.4 Å². The van der Waals surface area contributed by atoms with Crippen LogP contribution in [0.15, 0.2) is 28.8 Å².